The molecule has 0 aliphatic carbocycles. The van der Waals surface area contributed by atoms with E-state index in [2.05, 4.69) is 32.6 Å². The van der Waals surface area contributed by atoms with E-state index >= 15 is 0 Å². The Morgan fingerprint density at radius 3 is 2.32 bits per heavy atom. The lowest BCUT2D eigenvalue weighted by atomic mass is 10.1. The molecule has 22 heavy (non-hydrogen) atoms. The van der Waals surface area contributed by atoms with Crippen LogP contribution in [0.15, 0.2) is 24.3 Å². The molecular weight excluding hydrogens is 278 g/mol. The summed E-state index contributed by atoms with van der Waals surface area (Å²) >= 11 is 0. The third-order valence-corrected chi connectivity index (χ3v) is 3.69. The Balaban J connectivity index is 2.64. The standard InChI is InChI=1S/C18H29NO3/c1-6-17(21)16-9-7-8-10-18(16)22-12-15(20)11-19(13(2)3)14(4)5/h7-10,13-15,20H,6,11-12H2,1-5H3/t15-/m1/s1. The molecule has 1 aromatic carbocycles. The van der Waals surface area contributed by atoms with Gasteiger partial charge in [0, 0.05) is 25.0 Å². The first-order chi connectivity index (χ1) is 10.4. The van der Waals surface area contributed by atoms with Crippen LogP contribution in [0.25, 0.3) is 0 Å². The van der Waals surface area contributed by atoms with Gasteiger partial charge in [-0.25, -0.2) is 0 Å². The Morgan fingerprint density at radius 2 is 1.77 bits per heavy atom. The zero-order valence-corrected chi connectivity index (χ0v) is 14.4. The van der Waals surface area contributed by atoms with Crippen LogP contribution in [0.4, 0.5) is 0 Å². The lowest BCUT2D eigenvalue weighted by Gasteiger charge is -2.32. The first kappa shape index (κ1) is 18.7. The fourth-order valence-corrected chi connectivity index (χ4v) is 2.51. The van der Waals surface area contributed by atoms with Crippen molar-refractivity contribution in [2.24, 2.45) is 0 Å². The third kappa shape index (κ3) is 5.43. The van der Waals surface area contributed by atoms with Crippen LogP contribution >= 0.6 is 0 Å². The minimum atomic E-state index is -0.588. The molecule has 0 heterocycles. The van der Waals surface area contributed by atoms with Gasteiger partial charge in [0.25, 0.3) is 0 Å². The van der Waals surface area contributed by atoms with Crippen molar-refractivity contribution in [2.45, 2.75) is 59.2 Å². The van der Waals surface area contributed by atoms with Gasteiger partial charge in [0.1, 0.15) is 18.5 Å². The maximum atomic E-state index is 11.9. The molecule has 1 rings (SSSR count). The normalized spacial score (nSPS) is 13.0. The molecule has 0 saturated carbocycles. The van der Waals surface area contributed by atoms with Crippen LogP contribution in [0.3, 0.4) is 0 Å². The summed E-state index contributed by atoms with van der Waals surface area (Å²) in [6.07, 6.45) is -0.146. The first-order valence-electron chi connectivity index (χ1n) is 8.05. The summed E-state index contributed by atoms with van der Waals surface area (Å²) in [5.74, 6) is 0.602. The molecule has 124 valence electrons. The van der Waals surface area contributed by atoms with Gasteiger partial charge in [-0.3, -0.25) is 9.69 Å². The summed E-state index contributed by atoms with van der Waals surface area (Å²) in [6, 6.07) is 7.93. The largest absolute Gasteiger partial charge is 0.490 e. The van der Waals surface area contributed by atoms with E-state index in [9.17, 15) is 9.90 Å². The molecule has 0 fully saturated rings. The van der Waals surface area contributed by atoms with E-state index in [1.54, 1.807) is 12.1 Å². The van der Waals surface area contributed by atoms with Gasteiger partial charge in [0.05, 0.1) is 5.56 Å². The third-order valence-electron chi connectivity index (χ3n) is 3.69. The van der Waals surface area contributed by atoms with Crippen LogP contribution in [0.2, 0.25) is 0 Å². The molecule has 0 saturated heterocycles. The quantitative estimate of drug-likeness (QED) is 0.712. The monoisotopic (exact) mass is 307 g/mol. The van der Waals surface area contributed by atoms with Crippen molar-refractivity contribution in [3.8, 4) is 5.75 Å². The van der Waals surface area contributed by atoms with E-state index in [1.807, 2.05) is 19.1 Å². The molecule has 1 aromatic rings. The Kier molecular flexibility index (Phi) is 7.56. The fraction of sp³-hybridized carbons (Fsp3) is 0.611. The maximum Gasteiger partial charge on any atom is 0.166 e. The predicted octanol–water partition coefficient (Wildman–Crippen LogP) is 3.14. The Bertz CT molecular complexity index is 463. The van der Waals surface area contributed by atoms with Crippen molar-refractivity contribution in [3.05, 3.63) is 29.8 Å². The van der Waals surface area contributed by atoms with E-state index in [1.165, 1.54) is 0 Å². The maximum absolute atomic E-state index is 11.9. The minimum absolute atomic E-state index is 0.0519. The zero-order valence-electron chi connectivity index (χ0n) is 14.4. The number of carbonyl (C=O) groups excluding carboxylic acids is 1. The van der Waals surface area contributed by atoms with Crippen molar-refractivity contribution in [1.29, 1.82) is 0 Å². The average molecular weight is 307 g/mol. The summed E-state index contributed by atoms with van der Waals surface area (Å²) in [5.41, 5.74) is 0.585. The zero-order chi connectivity index (χ0) is 16.7. The van der Waals surface area contributed by atoms with Crippen molar-refractivity contribution in [3.63, 3.8) is 0 Å². The van der Waals surface area contributed by atoms with Gasteiger partial charge >= 0.3 is 0 Å². The Labute approximate surface area is 134 Å². The van der Waals surface area contributed by atoms with Crippen molar-refractivity contribution in [1.82, 2.24) is 4.90 Å². The van der Waals surface area contributed by atoms with Gasteiger partial charge in [-0.05, 0) is 39.8 Å². The van der Waals surface area contributed by atoms with Gasteiger partial charge in [-0.1, -0.05) is 19.1 Å². The molecule has 0 aliphatic heterocycles. The second-order valence-electron chi connectivity index (χ2n) is 6.12. The van der Waals surface area contributed by atoms with Crippen molar-refractivity contribution >= 4 is 5.78 Å². The second-order valence-corrected chi connectivity index (χ2v) is 6.12. The lowest BCUT2D eigenvalue weighted by Crippen LogP contribution is -2.43. The van der Waals surface area contributed by atoms with Crippen LogP contribution in [-0.2, 0) is 0 Å². The van der Waals surface area contributed by atoms with Crippen molar-refractivity contribution in [2.75, 3.05) is 13.2 Å². The molecule has 4 heteroatoms. The smallest absolute Gasteiger partial charge is 0.166 e. The summed E-state index contributed by atoms with van der Waals surface area (Å²) in [7, 11) is 0. The number of nitrogens with zero attached hydrogens (tertiary/aromatic N) is 1. The number of Topliss-reactive ketones (excluding diaryl/α,β-unsaturated/α-hetero) is 1. The number of benzene rings is 1. The number of hydrogen-bond acceptors (Lipinski definition) is 4. The van der Waals surface area contributed by atoms with Crippen LogP contribution in [0, 0.1) is 0 Å². The van der Waals surface area contributed by atoms with Gasteiger partial charge in [-0.15, -0.1) is 0 Å². The molecular formula is C18H29NO3. The van der Waals surface area contributed by atoms with Crippen molar-refractivity contribution < 1.29 is 14.6 Å². The molecule has 0 spiro atoms. The van der Waals surface area contributed by atoms with Crippen LogP contribution in [0.1, 0.15) is 51.4 Å². The number of aliphatic hydroxyl groups is 1. The van der Waals surface area contributed by atoms with Crippen LogP contribution < -0.4 is 4.74 Å². The Hall–Kier alpha value is -1.39. The number of rotatable bonds is 9. The fourth-order valence-electron chi connectivity index (χ4n) is 2.51. The molecule has 4 nitrogen and oxygen atoms in total. The molecule has 0 unspecified atom stereocenters. The molecule has 1 atom stereocenters. The summed E-state index contributed by atoms with van der Waals surface area (Å²) in [4.78, 5) is 14.1. The highest BCUT2D eigenvalue weighted by molar-refractivity contribution is 5.98. The van der Waals surface area contributed by atoms with Gasteiger partial charge in [0.2, 0.25) is 0 Å². The van der Waals surface area contributed by atoms with Crippen LogP contribution in [-0.4, -0.2) is 47.1 Å². The van der Waals surface area contributed by atoms with E-state index in [0.29, 0.717) is 36.4 Å². The van der Waals surface area contributed by atoms with Crippen LogP contribution in [0.5, 0.6) is 5.75 Å². The lowest BCUT2D eigenvalue weighted by molar-refractivity contribution is 0.0442. The number of para-hydroxylation sites is 1. The molecule has 0 aromatic heterocycles. The highest BCUT2D eigenvalue weighted by atomic mass is 16.5. The molecule has 0 aliphatic rings. The SMILES string of the molecule is CCC(=O)c1ccccc1OC[C@H](O)CN(C(C)C)C(C)C. The first-order valence-corrected chi connectivity index (χ1v) is 8.05. The number of hydrogen-bond donors (Lipinski definition) is 1. The predicted molar refractivity (Wildman–Crippen MR) is 89.5 cm³/mol. The Morgan fingerprint density at radius 1 is 1.18 bits per heavy atom. The summed E-state index contributed by atoms with van der Waals surface area (Å²) in [6.45, 7) is 11.0. The van der Waals surface area contributed by atoms with Gasteiger partial charge in [-0.2, -0.15) is 0 Å². The van der Waals surface area contributed by atoms with E-state index in [-0.39, 0.29) is 12.4 Å². The number of aliphatic hydroxyl groups excluding tert-OH is 1. The van der Waals surface area contributed by atoms with E-state index in [4.69, 9.17) is 4.74 Å². The topological polar surface area (TPSA) is 49.8 Å². The van der Waals surface area contributed by atoms with E-state index in [0.717, 1.165) is 0 Å². The van der Waals surface area contributed by atoms with E-state index < -0.39 is 6.10 Å². The molecule has 0 radical (unpaired) electrons. The molecule has 0 bridgehead atoms. The number of carbonyl (C=O) groups is 1. The average Bonchev–Trinajstić information content (AvgIpc) is 2.49. The second kappa shape index (κ2) is 8.91. The molecule has 1 N–H and O–H groups in total. The molecule has 0 amide bonds. The highest BCUT2D eigenvalue weighted by Crippen LogP contribution is 2.20. The van der Waals surface area contributed by atoms with Gasteiger partial charge in [0.15, 0.2) is 5.78 Å². The summed E-state index contributed by atoms with van der Waals surface area (Å²) in [5, 5.41) is 10.2. The number of ketones is 1. The van der Waals surface area contributed by atoms with Gasteiger partial charge < -0.3 is 9.84 Å². The minimum Gasteiger partial charge on any atom is -0.490 e. The highest BCUT2D eigenvalue weighted by Gasteiger charge is 2.18. The summed E-state index contributed by atoms with van der Waals surface area (Å²) < 4.78 is 5.68. The number of ether oxygens (including phenoxy) is 1.